The molecule has 5 nitrogen and oxygen atoms in total. The van der Waals surface area contributed by atoms with Crippen molar-refractivity contribution in [3.8, 4) is 0 Å². The topological polar surface area (TPSA) is 75.0 Å². The summed E-state index contributed by atoms with van der Waals surface area (Å²) in [7, 11) is 0. The second-order valence-corrected chi connectivity index (χ2v) is 4.47. The molecule has 1 aliphatic rings. The van der Waals surface area contributed by atoms with Crippen molar-refractivity contribution in [3.63, 3.8) is 0 Å². The molecule has 2 aromatic rings. The Bertz CT molecular complexity index is 635. The Morgan fingerprint density at radius 1 is 1.28 bits per heavy atom. The first kappa shape index (κ1) is 10.8. The van der Waals surface area contributed by atoms with Crippen molar-refractivity contribution in [3.05, 3.63) is 52.1 Å². The van der Waals surface area contributed by atoms with Gasteiger partial charge in [-0.1, -0.05) is 6.07 Å². The third-order valence-electron chi connectivity index (χ3n) is 3.23. The van der Waals surface area contributed by atoms with E-state index in [-0.39, 0.29) is 5.56 Å². The summed E-state index contributed by atoms with van der Waals surface area (Å²) in [6.07, 6.45) is 2.39. The molecule has 0 fully saturated rings. The summed E-state index contributed by atoms with van der Waals surface area (Å²) in [4.78, 5) is 20.1. The summed E-state index contributed by atoms with van der Waals surface area (Å²) in [6, 6.07) is 7.53. The second kappa shape index (κ2) is 4.18. The van der Waals surface area contributed by atoms with Gasteiger partial charge < -0.3 is 15.6 Å². The predicted molar refractivity (Wildman–Crippen MR) is 70.5 cm³/mol. The van der Waals surface area contributed by atoms with Gasteiger partial charge in [0.2, 0.25) is 0 Å². The van der Waals surface area contributed by atoms with Crippen molar-refractivity contribution < 1.29 is 0 Å². The third kappa shape index (κ3) is 1.95. The van der Waals surface area contributed by atoms with Gasteiger partial charge in [0, 0.05) is 24.8 Å². The number of nitrogens with zero attached hydrogens (tertiary/aromatic N) is 2. The zero-order chi connectivity index (χ0) is 12.5. The van der Waals surface area contributed by atoms with Crippen molar-refractivity contribution in [1.82, 2.24) is 9.97 Å². The zero-order valence-electron chi connectivity index (χ0n) is 9.89. The molecule has 2 heterocycles. The maximum atomic E-state index is 11.3. The van der Waals surface area contributed by atoms with Gasteiger partial charge in [0.15, 0.2) is 0 Å². The summed E-state index contributed by atoms with van der Waals surface area (Å²) in [5, 5.41) is 0. The lowest BCUT2D eigenvalue weighted by atomic mass is 9.99. The van der Waals surface area contributed by atoms with Crippen LogP contribution < -0.4 is 16.2 Å². The van der Waals surface area contributed by atoms with Crippen LogP contribution in [0.3, 0.4) is 0 Å². The highest BCUT2D eigenvalue weighted by atomic mass is 16.1. The number of hydrogen-bond acceptors (Lipinski definition) is 4. The van der Waals surface area contributed by atoms with Gasteiger partial charge in [-0.25, -0.2) is 4.98 Å². The number of nitrogens with one attached hydrogen (secondary N) is 1. The molecule has 92 valence electrons. The summed E-state index contributed by atoms with van der Waals surface area (Å²) < 4.78 is 0. The Morgan fingerprint density at radius 3 is 3.00 bits per heavy atom. The summed E-state index contributed by atoms with van der Waals surface area (Å²) in [6.45, 7) is 1.62. The third-order valence-corrected chi connectivity index (χ3v) is 3.23. The quantitative estimate of drug-likeness (QED) is 0.729. The number of rotatable bonds is 1. The SMILES string of the molecule is Nc1ccc2c(c1)CN(c1cc(=O)[nH]cn1)CC2. The average molecular weight is 242 g/mol. The number of nitrogen functional groups attached to an aromatic ring is 1. The van der Waals surface area contributed by atoms with Crippen LogP contribution in [0.15, 0.2) is 35.4 Å². The van der Waals surface area contributed by atoms with E-state index in [2.05, 4.69) is 20.9 Å². The minimum atomic E-state index is -0.127. The molecule has 0 spiro atoms. The van der Waals surface area contributed by atoms with Crippen LogP contribution in [0.25, 0.3) is 0 Å². The highest BCUT2D eigenvalue weighted by Crippen LogP contribution is 2.23. The van der Waals surface area contributed by atoms with Gasteiger partial charge in [0.1, 0.15) is 5.82 Å². The van der Waals surface area contributed by atoms with Crippen LogP contribution in [0.1, 0.15) is 11.1 Å². The zero-order valence-corrected chi connectivity index (χ0v) is 9.89. The fourth-order valence-corrected chi connectivity index (χ4v) is 2.30. The van der Waals surface area contributed by atoms with E-state index in [1.165, 1.54) is 23.5 Å². The molecule has 1 aromatic heterocycles. The molecule has 0 saturated carbocycles. The van der Waals surface area contributed by atoms with Crippen LogP contribution in [-0.2, 0) is 13.0 Å². The second-order valence-electron chi connectivity index (χ2n) is 4.47. The first-order valence-corrected chi connectivity index (χ1v) is 5.89. The maximum absolute atomic E-state index is 11.3. The van der Waals surface area contributed by atoms with E-state index >= 15 is 0 Å². The molecule has 0 amide bonds. The van der Waals surface area contributed by atoms with Crippen molar-refractivity contribution in [2.45, 2.75) is 13.0 Å². The predicted octanol–water partition coefficient (Wildman–Crippen LogP) is 0.915. The van der Waals surface area contributed by atoms with E-state index in [0.29, 0.717) is 5.82 Å². The molecular weight excluding hydrogens is 228 g/mol. The summed E-state index contributed by atoms with van der Waals surface area (Å²) >= 11 is 0. The highest BCUT2D eigenvalue weighted by molar-refractivity contribution is 5.49. The Morgan fingerprint density at radius 2 is 2.17 bits per heavy atom. The molecule has 5 heteroatoms. The van der Waals surface area contributed by atoms with Crippen LogP contribution in [0.5, 0.6) is 0 Å². The summed E-state index contributed by atoms with van der Waals surface area (Å²) in [5.41, 5.74) is 8.98. The molecule has 18 heavy (non-hydrogen) atoms. The molecule has 3 rings (SSSR count). The molecular formula is C13H14N4O. The standard InChI is InChI=1S/C13H14N4O/c14-11-2-1-9-3-4-17(7-10(9)5-11)12-6-13(18)16-8-15-12/h1-2,5-6,8H,3-4,7,14H2,(H,15,16,18). The van der Waals surface area contributed by atoms with Crippen LogP contribution in [0.4, 0.5) is 11.5 Å². The monoisotopic (exact) mass is 242 g/mol. The van der Waals surface area contributed by atoms with Crippen LogP contribution in [-0.4, -0.2) is 16.5 Å². The van der Waals surface area contributed by atoms with E-state index in [0.717, 1.165) is 25.2 Å². The number of fused-ring (bicyclic) bond motifs is 1. The Labute approximate surface area is 104 Å². The average Bonchev–Trinajstić information content (AvgIpc) is 2.38. The fourth-order valence-electron chi connectivity index (χ4n) is 2.30. The van der Waals surface area contributed by atoms with Crippen molar-refractivity contribution in [2.75, 3.05) is 17.2 Å². The molecule has 1 aromatic carbocycles. The van der Waals surface area contributed by atoms with Crippen molar-refractivity contribution in [2.24, 2.45) is 0 Å². The smallest absolute Gasteiger partial charge is 0.252 e. The van der Waals surface area contributed by atoms with Gasteiger partial charge in [-0.2, -0.15) is 0 Å². The lowest BCUT2D eigenvalue weighted by Gasteiger charge is -2.29. The van der Waals surface area contributed by atoms with Gasteiger partial charge >= 0.3 is 0 Å². The van der Waals surface area contributed by atoms with Crippen molar-refractivity contribution >= 4 is 11.5 Å². The Hall–Kier alpha value is -2.30. The lowest BCUT2D eigenvalue weighted by molar-refractivity contribution is 0.718. The van der Waals surface area contributed by atoms with Crippen LogP contribution in [0, 0.1) is 0 Å². The number of nitrogens with two attached hydrogens (primary N) is 1. The van der Waals surface area contributed by atoms with Gasteiger partial charge in [-0.15, -0.1) is 0 Å². The number of aromatic nitrogens is 2. The van der Waals surface area contributed by atoms with E-state index in [1.54, 1.807) is 0 Å². The van der Waals surface area contributed by atoms with Gasteiger partial charge in [-0.3, -0.25) is 4.79 Å². The molecule has 0 radical (unpaired) electrons. The normalized spacial score (nSPS) is 14.3. The van der Waals surface area contributed by atoms with Crippen molar-refractivity contribution in [1.29, 1.82) is 0 Å². The number of benzene rings is 1. The van der Waals surface area contributed by atoms with E-state index in [4.69, 9.17) is 5.73 Å². The number of H-pyrrole nitrogens is 1. The minimum absolute atomic E-state index is 0.127. The number of hydrogen-bond donors (Lipinski definition) is 2. The summed E-state index contributed by atoms with van der Waals surface area (Å²) in [5.74, 6) is 0.715. The number of aromatic amines is 1. The fraction of sp³-hybridized carbons (Fsp3) is 0.231. The van der Waals surface area contributed by atoms with E-state index in [9.17, 15) is 4.79 Å². The van der Waals surface area contributed by atoms with Gasteiger partial charge in [0.05, 0.1) is 6.33 Å². The Balaban J connectivity index is 1.93. The first-order chi connectivity index (χ1) is 8.72. The van der Waals surface area contributed by atoms with Gasteiger partial charge in [0.25, 0.3) is 5.56 Å². The molecule has 0 unspecified atom stereocenters. The van der Waals surface area contributed by atoms with Gasteiger partial charge in [-0.05, 0) is 29.7 Å². The number of anilines is 2. The molecule has 0 bridgehead atoms. The molecule has 0 aliphatic carbocycles. The molecule has 0 atom stereocenters. The Kier molecular flexibility index (Phi) is 2.51. The van der Waals surface area contributed by atoms with E-state index < -0.39 is 0 Å². The lowest BCUT2D eigenvalue weighted by Crippen LogP contribution is -2.31. The molecule has 3 N–H and O–H groups in total. The maximum Gasteiger partial charge on any atom is 0.252 e. The minimum Gasteiger partial charge on any atom is -0.399 e. The first-order valence-electron chi connectivity index (χ1n) is 5.89. The molecule has 0 saturated heterocycles. The van der Waals surface area contributed by atoms with E-state index in [1.807, 2.05) is 12.1 Å². The molecule has 1 aliphatic heterocycles. The largest absolute Gasteiger partial charge is 0.399 e. The van der Waals surface area contributed by atoms with Crippen LogP contribution >= 0.6 is 0 Å². The highest BCUT2D eigenvalue weighted by Gasteiger charge is 2.17. The van der Waals surface area contributed by atoms with Crippen LogP contribution in [0.2, 0.25) is 0 Å².